The number of benzene rings is 9. The van der Waals surface area contributed by atoms with E-state index in [1.165, 1.54) is 75.5 Å². The number of nitrogens with zero attached hydrogens (tertiary/aromatic N) is 1. The molecule has 0 aliphatic carbocycles. The molecule has 54 heavy (non-hydrogen) atoms. The molecule has 9 aromatic carbocycles. The number of hydrogen-bond acceptors (Lipinski definition) is 2. The molecule has 0 saturated carbocycles. The van der Waals surface area contributed by atoms with Gasteiger partial charge in [-0.2, -0.15) is 0 Å². The van der Waals surface area contributed by atoms with Gasteiger partial charge in [-0.3, -0.25) is 0 Å². The number of rotatable bonds is 7. The number of anilines is 3. The highest BCUT2D eigenvalue weighted by Gasteiger charge is 2.19. The molecule has 10 rings (SSSR count). The van der Waals surface area contributed by atoms with Gasteiger partial charge in [-0.1, -0.05) is 170 Å². The minimum absolute atomic E-state index is 1.10. The molecule has 0 aliphatic heterocycles. The van der Waals surface area contributed by atoms with Gasteiger partial charge in [0.25, 0.3) is 0 Å². The molecule has 0 unspecified atom stereocenters. The lowest BCUT2D eigenvalue weighted by molar-refractivity contribution is 1.28. The number of thiophene rings is 1. The summed E-state index contributed by atoms with van der Waals surface area (Å²) in [5.41, 5.74) is 13.0. The van der Waals surface area contributed by atoms with Crippen LogP contribution in [0.5, 0.6) is 0 Å². The summed E-state index contributed by atoms with van der Waals surface area (Å²) in [6.45, 7) is 0. The molecule has 0 bridgehead atoms. The van der Waals surface area contributed by atoms with Crippen LogP contribution in [0.1, 0.15) is 0 Å². The predicted octanol–water partition coefficient (Wildman–Crippen LogP) is 15.3. The van der Waals surface area contributed by atoms with Crippen molar-refractivity contribution in [3.8, 4) is 44.5 Å². The van der Waals surface area contributed by atoms with Crippen LogP contribution in [0.25, 0.3) is 75.5 Å². The topological polar surface area (TPSA) is 3.24 Å². The summed E-state index contributed by atoms with van der Waals surface area (Å²) in [7, 11) is 0. The Balaban J connectivity index is 1.12. The third-order valence-electron chi connectivity index (χ3n) is 10.5. The summed E-state index contributed by atoms with van der Waals surface area (Å²) < 4.78 is 2.64. The van der Waals surface area contributed by atoms with Gasteiger partial charge in [0.15, 0.2) is 0 Å². The van der Waals surface area contributed by atoms with Crippen molar-refractivity contribution in [2.45, 2.75) is 0 Å². The average molecular weight is 706 g/mol. The van der Waals surface area contributed by atoms with Gasteiger partial charge in [0.2, 0.25) is 0 Å². The zero-order valence-corrected chi connectivity index (χ0v) is 30.4. The molecule has 0 spiro atoms. The monoisotopic (exact) mass is 705 g/mol. The van der Waals surface area contributed by atoms with Crippen molar-refractivity contribution in [1.82, 2.24) is 0 Å². The Morgan fingerprint density at radius 2 is 0.870 bits per heavy atom. The van der Waals surface area contributed by atoms with Crippen LogP contribution in [0.2, 0.25) is 0 Å². The van der Waals surface area contributed by atoms with E-state index in [4.69, 9.17) is 0 Å². The maximum atomic E-state index is 2.42. The van der Waals surface area contributed by atoms with Crippen molar-refractivity contribution in [2.75, 3.05) is 4.90 Å². The summed E-state index contributed by atoms with van der Waals surface area (Å²) in [5.74, 6) is 0. The van der Waals surface area contributed by atoms with E-state index in [1.807, 2.05) is 11.3 Å². The van der Waals surface area contributed by atoms with Gasteiger partial charge in [-0.15, -0.1) is 11.3 Å². The summed E-state index contributed by atoms with van der Waals surface area (Å²) in [6, 6.07) is 77.1. The first kappa shape index (κ1) is 32.0. The molecule has 0 N–H and O–H groups in total. The molecule has 0 fully saturated rings. The van der Waals surface area contributed by atoms with E-state index in [-0.39, 0.29) is 0 Å². The Hall–Kier alpha value is -6.74. The second-order valence-electron chi connectivity index (χ2n) is 13.7. The van der Waals surface area contributed by atoms with Crippen molar-refractivity contribution >= 4 is 59.3 Å². The molecule has 0 saturated heterocycles. The van der Waals surface area contributed by atoms with Crippen LogP contribution in [0, 0.1) is 0 Å². The molecular formula is C52H35NS. The molecule has 2 heteroatoms. The molecule has 0 amide bonds. The van der Waals surface area contributed by atoms with Gasteiger partial charge in [-0.25, -0.2) is 0 Å². The quantitative estimate of drug-likeness (QED) is 0.160. The van der Waals surface area contributed by atoms with E-state index in [9.17, 15) is 0 Å². The van der Waals surface area contributed by atoms with Crippen LogP contribution in [-0.2, 0) is 0 Å². The second-order valence-corrected chi connectivity index (χ2v) is 14.8. The maximum absolute atomic E-state index is 2.42. The summed E-state index contributed by atoms with van der Waals surface area (Å²) in [5, 5.41) is 5.14. The van der Waals surface area contributed by atoms with Crippen LogP contribution in [0.15, 0.2) is 212 Å². The highest BCUT2D eigenvalue weighted by Crippen LogP contribution is 2.44. The standard InChI is InChI=1S/C52H35NS/c1-2-13-36(14-3-1)37-27-29-39(30-28-37)46-20-6-8-24-49(46)53(43-18-10-17-41(35-43)45-22-11-16-38-15-4-5-19-44(38)45)42-33-31-40(32-34-42)47-23-12-26-51-52(47)48-21-7-9-25-50(48)54-51/h1-35H. The summed E-state index contributed by atoms with van der Waals surface area (Å²) >= 11 is 1.86. The van der Waals surface area contributed by atoms with Crippen LogP contribution in [-0.4, -0.2) is 0 Å². The van der Waals surface area contributed by atoms with E-state index < -0.39 is 0 Å². The minimum atomic E-state index is 1.10. The van der Waals surface area contributed by atoms with Gasteiger partial charge >= 0.3 is 0 Å². The first-order valence-corrected chi connectivity index (χ1v) is 19.2. The fraction of sp³-hybridized carbons (Fsp3) is 0. The smallest absolute Gasteiger partial charge is 0.0540 e. The Morgan fingerprint density at radius 1 is 0.315 bits per heavy atom. The SMILES string of the molecule is c1ccc(-c2ccc(-c3ccccc3N(c3ccc(-c4cccc5sc6ccccc6c45)cc3)c3cccc(-c4cccc5ccccc45)c3)cc2)cc1. The molecule has 1 heterocycles. The zero-order chi connectivity index (χ0) is 35.8. The highest BCUT2D eigenvalue weighted by molar-refractivity contribution is 7.25. The summed E-state index contributed by atoms with van der Waals surface area (Å²) in [6.07, 6.45) is 0. The van der Waals surface area contributed by atoms with Gasteiger partial charge in [0, 0.05) is 37.1 Å². The van der Waals surface area contributed by atoms with Gasteiger partial charge in [-0.05, 0) is 92.2 Å². The van der Waals surface area contributed by atoms with Crippen molar-refractivity contribution in [2.24, 2.45) is 0 Å². The molecular weight excluding hydrogens is 671 g/mol. The average Bonchev–Trinajstić information content (AvgIpc) is 3.64. The first-order chi connectivity index (χ1) is 26.8. The fourth-order valence-corrected chi connectivity index (χ4v) is 9.04. The normalized spacial score (nSPS) is 11.3. The van der Waals surface area contributed by atoms with Crippen LogP contribution in [0.3, 0.4) is 0 Å². The van der Waals surface area contributed by atoms with E-state index in [0.717, 1.165) is 17.1 Å². The van der Waals surface area contributed by atoms with Gasteiger partial charge in [0.05, 0.1) is 5.69 Å². The molecule has 1 nitrogen and oxygen atoms in total. The van der Waals surface area contributed by atoms with Crippen molar-refractivity contribution in [1.29, 1.82) is 0 Å². The molecule has 1 aromatic heterocycles. The van der Waals surface area contributed by atoms with Crippen LogP contribution >= 0.6 is 11.3 Å². The number of para-hydroxylation sites is 1. The molecule has 10 aromatic rings. The molecule has 0 atom stereocenters. The zero-order valence-electron chi connectivity index (χ0n) is 29.6. The number of fused-ring (bicyclic) bond motifs is 4. The van der Waals surface area contributed by atoms with Crippen molar-refractivity contribution in [3.63, 3.8) is 0 Å². The van der Waals surface area contributed by atoms with Crippen molar-refractivity contribution in [3.05, 3.63) is 212 Å². The Bertz CT molecular complexity index is 2920. The lowest BCUT2D eigenvalue weighted by Gasteiger charge is -2.28. The van der Waals surface area contributed by atoms with E-state index in [0.29, 0.717) is 0 Å². The second kappa shape index (κ2) is 13.7. The fourth-order valence-electron chi connectivity index (χ4n) is 7.91. The van der Waals surface area contributed by atoms with Gasteiger partial charge in [0.1, 0.15) is 0 Å². The highest BCUT2D eigenvalue weighted by atomic mass is 32.1. The third-order valence-corrected chi connectivity index (χ3v) is 11.6. The van der Waals surface area contributed by atoms with E-state index in [2.05, 4.69) is 217 Å². The third kappa shape index (κ3) is 5.74. The van der Waals surface area contributed by atoms with E-state index in [1.54, 1.807) is 0 Å². The molecule has 254 valence electrons. The Labute approximate surface area is 319 Å². The maximum Gasteiger partial charge on any atom is 0.0540 e. The lowest BCUT2D eigenvalue weighted by atomic mass is 9.96. The predicted molar refractivity (Wildman–Crippen MR) is 233 cm³/mol. The Morgan fingerprint density at radius 3 is 1.74 bits per heavy atom. The lowest BCUT2D eigenvalue weighted by Crippen LogP contribution is -2.11. The minimum Gasteiger partial charge on any atom is -0.310 e. The van der Waals surface area contributed by atoms with Crippen LogP contribution < -0.4 is 4.90 Å². The van der Waals surface area contributed by atoms with Crippen molar-refractivity contribution < 1.29 is 0 Å². The largest absolute Gasteiger partial charge is 0.310 e. The molecule has 0 aliphatic rings. The number of hydrogen-bond donors (Lipinski definition) is 0. The van der Waals surface area contributed by atoms with E-state index >= 15 is 0 Å². The van der Waals surface area contributed by atoms with Crippen LogP contribution in [0.4, 0.5) is 17.1 Å². The summed E-state index contributed by atoms with van der Waals surface area (Å²) in [4.78, 5) is 2.42. The van der Waals surface area contributed by atoms with Gasteiger partial charge < -0.3 is 4.90 Å². The Kier molecular flexibility index (Phi) is 8.09. The molecule has 0 radical (unpaired) electrons. The first-order valence-electron chi connectivity index (χ1n) is 18.4.